The van der Waals surface area contributed by atoms with Gasteiger partial charge >= 0.3 is 0 Å². The Morgan fingerprint density at radius 1 is 1.69 bits per heavy atom. The van der Waals surface area contributed by atoms with Crippen LogP contribution < -0.4 is 5.32 Å². The van der Waals surface area contributed by atoms with Gasteiger partial charge in [-0.05, 0) is 53.5 Å². The number of thiophene rings is 1. The molecule has 2 unspecified atom stereocenters. The number of hydrogen-bond acceptors (Lipinski definition) is 3. The quantitative estimate of drug-likeness (QED) is 0.827. The van der Waals surface area contributed by atoms with Gasteiger partial charge in [-0.1, -0.05) is 0 Å². The Labute approximate surface area is 117 Å². The van der Waals surface area contributed by atoms with Crippen molar-refractivity contribution in [3.63, 3.8) is 0 Å². The highest BCUT2D eigenvalue weighted by Gasteiger charge is 2.21. The maximum Gasteiger partial charge on any atom is 0.0659 e. The standard InChI is InChI=1S/C11H16INOS2/c1-16(14)6-5-13-9-3-2-4-10-8(9)7-11(12)15-10/h7,9,13H,2-6H2,1H3. The van der Waals surface area contributed by atoms with Crippen molar-refractivity contribution in [2.45, 2.75) is 25.3 Å². The first kappa shape index (κ1) is 13.0. The van der Waals surface area contributed by atoms with Crippen LogP contribution in [0.5, 0.6) is 0 Å². The molecule has 0 aromatic carbocycles. The third-order valence-corrected chi connectivity index (χ3v) is 5.61. The maximum atomic E-state index is 11.0. The maximum absolute atomic E-state index is 11.0. The van der Waals surface area contributed by atoms with Crippen molar-refractivity contribution in [1.82, 2.24) is 5.32 Å². The Balaban J connectivity index is 1.98. The van der Waals surface area contributed by atoms with Crippen LogP contribution in [0.3, 0.4) is 0 Å². The summed E-state index contributed by atoms with van der Waals surface area (Å²) in [6, 6.07) is 2.80. The van der Waals surface area contributed by atoms with E-state index in [1.807, 2.05) is 11.3 Å². The number of fused-ring (bicyclic) bond motifs is 1. The number of aryl methyl sites for hydroxylation is 1. The van der Waals surface area contributed by atoms with Crippen LogP contribution in [0.1, 0.15) is 29.3 Å². The molecule has 0 amide bonds. The molecule has 2 nitrogen and oxygen atoms in total. The SMILES string of the molecule is CS(=O)CCNC1CCCc2sc(I)cc21. The second-order valence-electron chi connectivity index (χ2n) is 4.11. The van der Waals surface area contributed by atoms with Crippen molar-refractivity contribution >= 4 is 44.7 Å². The lowest BCUT2D eigenvalue weighted by Crippen LogP contribution is -2.27. The smallest absolute Gasteiger partial charge is 0.0659 e. The summed E-state index contributed by atoms with van der Waals surface area (Å²) in [5, 5.41) is 3.53. The number of hydrogen-bond donors (Lipinski definition) is 1. The van der Waals surface area contributed by atoms with Crippen molar-refractivity contribution in [2.24, 2.45) is 0 Å². The number of nitrogens with one attached hydrogen (secondary N) is 1. The Bertz CT molecular complexity index is 391. The highest BCUT2D eigenvalue weighted by Crippen LogP contribution is 2.36. The Hall–Kier alpha value is 0.540. The molecule has 0 bridgehead atoms. The van der Waals surface area contributed by atoms with Gasteiger partial charge in [0.1, 0.15) is 0 Å². The van der Waals surface area contributed by atoms with Gasteiger partial charge in [0.15, 0.2) is 0 Å². The first-order chi connectivity index (χ1) is 7.66. The van der Waals surface area contributed by atoms with Gasteiger partial charge in [0.05, 0.1) is 2.88 Å². The van der Waals surface area contributed by atoms with E-state index in [9.17, 15) is 4.21 Å². The summed E-state index contributed by atoms with van der Waals surface area (Å²) >= 11 is 4.32. The Morgan fingerprint density at radius 3 is 3.25 bits per heavy atom. The van der Waals surface area contributed by atoms with E-state index in [4.69, 9.17) is 0 Å². The van der Waals surface area contributed by atoms with E-state index in [0.717, 1.165) is 12.3 Å². The van der Waals surface area contributed by atoms with Gasteiger partial charge < -0.3 is 5.32 Å². The molecule has 0 radical (unpaired) electrons. The minimum absolute atomic E-state index is 0.493. The van der Waals surface area contributed by atoms with E-state index < -0.39 is 10.8 Å². The monoisotopic (exact) mass is 369 g/mol. The molecule has 0 aliphatic heterocycles. The van der Waals surface area contributed by atoms with E-state index in [1.165, 1.54) is 27.7 Å². The zero-order valence-electron chi connectivity index (χ0n) is 9.29. The summed E-state index contributed by atoms with van der Waals surface area (Å²) in [5.41, 5.74) is 1.49. The lowest BCUT2D eigenvalue weighted by molar-refractivity contribution is 0.477. The molecule has 0 fully saturated rings. The third kappa shape index (κ3) is 3.27. The molecule has 5 heteroatoms. The number of halogens is 1. The van der Waals surface area contributed by atoms with Crippen LogP contribution in [0.15, 0.2) is 6.07 Å². The van der Waals surface area contributed by atoms with Crippen molar-refractivity contribution < 1.29 is 4.21 Å². The van der Waals surface area contributed by atoms with E-state index in [1.54, 1.807) is 11.1 Å². The second kappa shape index (κ2) is 5.93. The van der Waals surface area contributed by atoms with E-state index in [-0.39, 0.29) is 0 Å². The number of rotatable bonds is 4. The molecule has 1 aromatic heterocycles. The fourth-order valence-corrected chi connectivity index (χ4v) is 4.64. The minimum atomic E-state index is -0.684. The van der Waals surface area contributed by atoms with Gasteiger partial charge in [-0.15, -0.1) is 11.3 Å². The van der Waals surface area contributed by atoms with E-state index in [2.05, 4.69) is 34.0 Å². The molecule has 1 aromatic rings. The third-order valence-electron chi connectivity index (χ3n) is 2.86. The van der Waals surface area contributed by atoms with Crippen molar-refractivity contribution in [3.8, 4) is 0 Å². The molecule has 2 rings (SSSR count). The molecule has 2 atom stereocenters. The average Bonchev–Trinajstić information content (AvgIpc) is 2.58. The summed E-state index contributed by atoms with van der Waals surface area (Å²) in [4.78, 5) is 1.55. The molecule has 0 saturated carbocycles. The van der Waals surface area contributed by atoms with E-state index >= 15 is 0 Å². The fourth-order valence-electron chi connectivity index (χ4n) is 2.11. The van der Waals surface area contributed by atoms with Crippen LogP contribution in [0.25, 0.3) is 0 Å². The topological polar surface area (TPSA) is 29.1 Å². The van der Waals surface area contributed by atoms with Crippen LogP contribution in [0.2, 0.25) is 0 Å². The molecule has 16 heavy (non-hydrogen) atoms. The first-order valence-corrected chi connectivity index (χ1v) is 9.10. The normalized spacial score (nSPS) is 21.8. The summed E-state index contributed by atoms with van der Waals surface area (Å²) in [6.45, 7) is 0.861. The van der Waals surface area contributed by atoms with Crippen LogP contribution in [-0.4, -0.2) is 22.8 Å². The molecular weight excluding hydrogens is 353 g/mol. The first-order valence-electron chi connectivity index (χ1n) is 5.48. The van der Waals surface area contributed by atoms with Crippen LogP contribution in [0, 0.1) is 2.88 Å². The molecule has 1 aliphatic carbocycles. The van der Waals surface area contributed by atoms with Gasteiger partial charge in [-0.25, -0.2) is 0 Å². The Kier molecular flexibility index (Phi) is 4.81. The highest BCUT2D eigenvalue weighted by atomic mass is 127. The fraction of sp³-hybridized carbons (Fsp3) is 0.636. The highest BCUT2D eigenvalue weighted by molar-refractivity contribution is 14.1. The van der Waals surface area contributed by atoms with Gasteiger partial charge in [0, 0.05) is 40.3 Å². The van der Waals surface area contributed by atoms with Gasteiger partial charge in [0.2, 0.25) is 0 Å². The zero-order chi connectivity index (χ0) is 11.5. The van der Waals surface area contributed by atoms with E-state index in [0.29, 0.717) is 6.04 Å². The summed E-state index contributed by atoms with van der Waals surface area (Å²) in [6.07, 6.45) is 5.50. The molecule has 1 heterocycles. The van der Waals surface area contributed by atoms with Gasteiger partial charge in [-0.2, -0.15) is 0 Å². The molecule has 0 spiro atoms. The lowest BCUT2D eigenvalue weighted by Gasteiger charge is -2.23. The summed E-state index contributed by atoms with van der Waals surface area (Å²) in [7, 11) is -0.684. The molecule has 1 aliphatic rings. The summed E-state index contributed by atoms with van der Waals surface area (Å²) in [5.74, 6) is 0.757. The Morgan fingerprint density at radius 2 is 2.50 bits per heavy atom. The van der Waals surface area contributed by atoms with Gasteiger partial charge in [0.25, 0.3) is 0 Å². The predicted octanol–water partition coefficient (Wildman–Crippen LogP) is 2.70. The molecule has 0 saturated heterocycles. The molecule has 1 N–H and O–H groups in total. The molecule has 90 valence electrons. The van der Waals surface area contributed by atoms with Gasteiger partial charge in [-0.3, -0.25) is 4.21 Å². The summed E-state index contributed by atoms with van der Waals surface area (Å²) < 4.78 is 12.4. The molecular formula is C11H16INOS2. The van der Waals surface area contributed by atoms with Crippen LogP contribution >= 0.6 is 33.9 Å². The van der Waals surface area contributed by atoms with Crippen LogP contribution in [-0.2, 0) is 17.2 Å². The second-order valence-corrected chi connectivity index (χ2v) is 8.69. The zero-order valence-corrected chi connectivity index (χ0v) is 13.1. The van der Waals surface area contributed by atoms with Crippen molar-refractivity contribution in [1.29, 1.82) is 0 Å². The van der Waals surface area contributed by atoms with Crippen molar-refractivity contribution in [2.75, 3.05) is 18.6 Å². The predicted molar refractivity (Wildman–Crippen MR) is 79.7 cm³/mol. The lowest BCUT2D eigenvalue weighted by atomic mass is 9.94. The largest absolute Gasteiger partial charge is 0.309 e. The average molecular weight is 369 g/mol. The minimum Gasteiger partial charge on any atom is -0.309 e. The van der Waals surface area contributed by atoms with Crippen molar-refractivity contribution in [3.05, 3.63) is 19.4 Å². The van der Waals surface area contributed by atoms with Crippen LogP contribution in [0.4, 0.5) is 0 Å².